The van der Waals surface area contributed by atoms with Gasteiger partial charge in [-0.05, 0) is 41.8 Å². The Morgan fingerprint density at radius 3 is 2.52 bits per heavy atom. The number of benzene rings is 2. The predicted molar refractivity (Wildman–Crippen MR) is 109 cm³/mol. The molecule has 154 valence electrons. The molecular formula is C22H26N2O5. The Labute approximate surface area is 170 Å². The van der Waals surface area contributed by atoms with Crippen LogP contribution in [0, 0.1) is 0 Å². The monoisotopic (exact) mass is 398 g/mol. The Morgan fingerprint density at radius 1 is 1.03 bits per heavy atom. The van der Waals surface area contributed by atoms with Crippen molar-refractivity contribution in [3.63, 3.8) is 0 Å². The Kier molecular flexibility index (Phi) is 5.76. The number of fused-ring (bicyclic) bond motifs is 2. The average Bonchev–Trinajstić information content (AvgIpc) is 2.76. The molecule has 2 aromatic carbocycles. The zero-order valence-electron chi connectivity index (χ0n) is 16.8. The van der Waals surface area contributed by atoms with Crippen LogP contribution in [0.5, 0.6) is 23.0 Å². The maximum absolute atomic E-state index is 12.4. The molecule has 1 amide bonds. The molecule has 2 aliphatic rings. The second-order valence-corrected chi connectivity index (χ2v) is 7.16. The molecule has 1 N–H and O–H groups in total. The van der Waals surface area contributed by atoms with Crippen LogP contribution in [0.25, 0.3) is 0 Å². The lowest BCUT2D eigenvalue weighted by atomic mass is 9.98. The minimum absolute atomic E-state index is 0.0141. The van der Waals surface area contributed by atoms with Gasteiger partial charge in [-0.3, -0.25) is 9.69 Å². The molecule has 0 saturated heterocycles. The largest absolute Gasteiger partial charge is 0.493 e. The molecule has 2 aromatic rings. The van der Waals surface area contributed by atoms with Crippen molar-refractivity contribution in [3.05, 3.63) is 41.5 Å². The van der Waals surface area contributed by atoms with Crippen LogP contribution in [0.2, 0.25) is 0 Å². The zero-order chi connectivity index (χ0) is 20.2. The summed E-state index contributed by atoms with van der Waals surface area (Å²) in [5, 5.41) is 2.95. The first kappa shape index (κ1) is 19.4. The molecule has 2 aliphatic heterocycles. The van der Waals surface area contributed by atoms with Crippen LogP contribution in [0.1, 0.15) is 17.5 Å². The lowest BCUT2D eigenvalue weighted by Gasteiger charge is -2.29. The molecule has 0 aliphatic carbocycles. The van der Waals surface area contributed by atoms with Crippen molar-refractivity contribution >= 4 is 11.6 Å². The third-order valence-electron chi connectivity index (χ3n) is 5.28. The van der Waals surface area contributed by atoms with E-state index in [0.717, 1.165) is 36.7 Å². The first-order chi connectivity index (χ1) is 14.2. The van der Waals surface area contributed by atoms with Gasteiger partial charge < -0.3 is 24.3 Å². The number of carbonyl (C=O) groups is 1. The van der Waals surface area contributed by atoms with Gasteiger partial charge in [-0.15, -0.1) is 0 Å². The summed E-state index contributed by atoms with van der Waals surface area (Å²) in [6.07, 6.45) is 1.36. The molecule has 4 rings (SSSR count). The molecule has 7 heteroatoms. The van der Waals surface area contributed by atoms with Crippen LogP contribution < -0.4 is 24.3 Å². The highest BCUT2D eigenvalue weighted by atomic mass is 16.6. The predicted octanol–water partition coefficient (Wildman–Crippen LogP) is 2.86. The fraction of sp³-hybridized carbons (Fsp3) is 0.409. The van der Waals surface area contributed by atoms with E-state index in [1.807, 2.05) is 24.3 Å². The summed E-state index contributed by atoms with van der Waals surface area (Å²) in [5.74, 6) is 2.88. The molecule has 29 heavy (non-hydrogen) atoms. The van der Waals surface area contributed by atoms with E-state index in [2.05, 4.69) is 16.3 Å². The van der Waals surface area contributed by atoms with Gasteiger partial charge >= 0.3 is 0 Å². The average molecular weight is 398 g/mol. The number of ether oxygens (including phenoxy) is 4. The fourth-order valence-electron chi connectivity index (χ4n) is 3.74. The van der Waals surface area contributed by atoms with Crippen LogP contribution in [0.4, 0.5) is 5.69 Å². The van der Waals surface area contributed by atoms with Gasteiger partial charge in [0.15, 0.2) is 23.0 Å². The van der Waals surface area contributed by atoms with Crippen LogP contribution >= 0.6 is 0 Å². The smallest absolute Gasteiger partial charge is 0.225 e. The van der Waals surface area contributed by atoms with Gasteiger partial charge in [0.2, 0.25) is 5.91 Å². The maximum Gasteiger partial charge on any atom is 0.225 e. The van der Waals surface area contributed by atoms with Gasteiger partial charge in [-0.25, -0.2) is 0 Å². The Balaban J connectivity index is 1.32. The quantitative estimate of drug-likeness (QED) is 0.807. The topological polar surface area (TPSA) is 69.3 Å². The van der Waals surface area contributed by atoms with Crippen molar-refractivity contribution < 1.29 is 23.7 Å². The number of nitrogens with zero attached hydrogens (tertiary/aromatic N) is 1. The molecule has 0 fully saturated rings. The maximum atomic E-state index is 12.4. The summed E-state index contributed by atoms with van der Waals surface area (Å²) in [6, 6.07) is 9.56. The van der Waals surface area contributed by atoms with Gasteiger partial charge in [0, 0.05) is 37.8 Å². The standard InChI is InChI=1S/C22H26N2O5/c1-26-19-11-15-5-7-24(14-16(15)12-20(19)27-2)8-6-22(25)23-17-3-4-18-21(13-17)29-10-9-28-18/h3-4,11-13H,5-10,14H2,1-2H3,(H,23,25). The van der Waals surface area contributed by atoms with Crippen molar-refractivity contribution in [1.29, 1.82) is 0 Å². The molecule has 2 heterocycles. The Morgan fingerprint density at radius 2 is 1.76 bits per heavy atom. The van der Waals surface area contributed by atoms with Crippen LogP contribution in [-0.2, 0) is 17.8 Å². The van der Waals surface area contributed by atoms with Crippen molar-refractivity contribution in [2.24, 2.45) is 0 Å². The molecule has 0 radical (unpaired) electrons. The third-order valence-corrected chi connectivity index (χ3v) is 5.28. The number of carbonyl (C=O) groups excluding carboxylic acids is 1. The summed E-state index contributed by atoms with van der Waals surface area (Å²) in [6.45, 7) is 3.49. The highest BCUT2D eigenvalue weighted by Gasteiger charge is 2.20. The summed E-state index contributed by atoms with van der Waals surface area (Å²) < 4.78 is 21.9. The van der Waals surface area contributed by atoms with E-state index in [4.69, 9.17) is 18.9 Å². The molecular weight excluding hydrogens is 372 g/mol. The Bertz CT molecular complexity index is 899. The van der Waals surface area contributed by atoms with E-state index in [9.17, 15) is 4.79 Å². The van der Waals surface area contributed by atoms with Gasteiger partial charge in [-0.1, -0.05) is 0 Å². The number of hydrogen-bond donors (Lipinski definition) is 1. The Hall–Kier alpha value is -2.93. The second-order valence-electron chi connectivity index (χ2n) is 7.16. The summed E-state index contributed by atoms with van der Waals surface area (Å²) in [4.78, 5) is 14.7. The zero-order valence-corrected chi connectivity index (χ0v) is 16.8. The van der Waals surface area contributed by atoms with Crippen molar-refractivity contribution in [1.82, 2.24) is 4.90 Å². The van der Waals surface area contributed by atoms with E-state index in [1.165, 1.54) is 11.1 Å². The number of rotatable bonds is 6. The number of amides is 1. The summed E-state index contributed by atoms with van der Waals surface area (Å²) in [5.41, 5.74) is 3.22. The molecule has 0 spiro atoms. The van der Waals surface area contributed by atoms with Gasteiger partial charge in [0.25, 0.3) is 0 Å². The van der Waals surface area contributed by atoms with Crippen LogP contribution in [0.15, 0.2) is 30.3 Å². The van der Waals surface area contributed by atoms with E-state index in [0.29, 0.717) is 37.7 Å². The molecule has 0 saturated carbocycles. The van der Waals surface area contributed by atoms with Crippen LogP contribution in [-0.4, -0.2) is 51.3 Å². The minimum atomic E-state index is -0.0141. The second kappa shape index (κ2) is 8.61. The normalized spacial score (nSPS) is 15.4. The van der Waals surface area contributed by atoms with Crippen molar-refractivity contribution in [2.75, 3.05) is 45.8 Å². The van der Waals surface area contributed by atoms with Crippen LogP contribution in [0.3, 0.4) is 0 Å². The van der Waals surface area contributed by atoms with E-state index in [1.54, 1.807) is 14.2 Å². The van der Waals surface area contributed by atoms with E-state index in [-0.39, 0.29) is 5.91 Å². The number of hydrogen-bond acceptors (Lipinski definition) is 6. The molecule has 0 aromatic heterocycles. The number of methoxy groups -OCH3 is 2. The summed E-state index contributed by atoms with van der Waals surface area (Å²) >= 11 is 0. The van der Waals surface area contributed by atoms with Crippen molar-refractivity contribution in [3.8, 4) is 23.0 Å². The third kappa shape index (κ3) is 4.40. The first-order valence-electron chi connectivity index (χ1n) is 9.82. The van der Waals surface area contributed by atoms with E-state index >= 15 is 0 Å². The lowest BCUT2D eigenvalue weighted by Crippen LogP contribution is -2.33. The SMILES string of the molecule is COc1cc2c(cc1OC)CN(CCC(=O)Nc1ccc3c(c1)OCCO3)CC2. The van der Waals surface area contributed by atoms with Gasteiger partial charge in [0.05, 0.1) is 14.2 Å². The molecule has 0 bridgehead atoms. The molecule has 0 atom stereocenters. The highest BCUT2D eigenvalue weighted by molar-refractivity contribution is 5.91. The van der Waals surface area contributed by atoms with Gasteiger partial charge in [-0.2, -0.15) is 0 Å². The highest BCUT2D eigenvalue weighted by Crippen LogP contribution is 2.34. The number of nitrogens with one attached hydrogen (secondary N) is 1. The van der Waals surface area contributed by atoms with Gasteiger partial charge in [0.1, 0.15) is 13.2 Å². The van der Waals surface area contributed by atoms with Crippen molar-refractivity contribution in [2.45, 2.75) is 19.4 Å². The molecule has 0 unspecified atom stereocenters. The lowest BCUT2D eigenvalue weighted by molar-refractivity contribution is -0.116. The molecule has 7 nitrogen and oxygen atoms in total. The number of anilines is 1. The van der Waals surface area contributed by atoms with E-state index < -0.39 is 0 Å². The minimum Gasteiger partial charge on any atom is -0.493 e. The summed E-state index contributed by atoms with van der Waals surface area (Å²) in [7, 11) is 3.30. The fourth-order valence-corrected chi connectivity index (χ4v) is 3.74. The first-order valence-corrected chi connectivity index (χ1v) is 9.82.